The average molecular weight is 2100 g/mol. The minimum absolute atomic E-state index is 0.0292. The zero-order chi connectivity index (χ0) is 98.0. The molecule has 4 heterocycles. The Bertz CT molecular complexity index is 5420. The molecule has 6 unspecified atom stereocenters. The summed E-state index contributed by atoms with van der Waals surface area (Å²) in [6, 6.07) is 26.9. The monoisotopic (exact) mass is 2090 g/mol. The Morgan fingerprint density at radius 1 is 0.366 bits per heavy atom. The van der Waals surface area contributed by atoms with E-state index >= 15 is 0 Å². The van der Waals surface area contributed by atoms with E-state index in [0.717, 1.165) is 55.2 Å². The lowest BCUT2D eigenvalue weighted by atomic mass is 10.3. The van der Waals surface area contributed by atoms with E-state index in [2.05, 4.69) is 51.9 Å². The van der Waals surface area contributed by atoms with Crippen LogP contribution in [0.2, 0.25) is 0 Å². The molecule has 0 aliphatic heterocycles. The largest absolute Gasteiger partial charge is 0.537 e. The number of alkyl carbamates (subject to hydrolysis) is 2. The summed E-state index contributed by atoms with van der Waals surface area (Å²) in [5.41, 5.74) is 8.55. The van der Waals surface area contributed by atoms with Crippen molar-refractivity contribution in [3.05, 3.63) is 97.1 Å². The third-order valence-electron chi connectivity index (χ3n) is 14.8. The predicted molar refractivity (Wildman–Crippen MR) is 471 cm³/mol. The molecule has 0 saturated heterocycles. The summed E-state index contributed by atoms with van der Waals surface area (Å²) < 4.78 is 207. The molecule has 4 aromatic carbocycles. The minimum atomic E-state index is -3.48. The summed E-state index contributed by atoms with van der Waals surface area (Å²) in [7, 11) is -13.0. The van der Waals surface area contributed by atoms with Crippen LogP contribution in [0.25, 0.3) is 44.1 Å². The van der Waals surface area contributed by atoms with E-state index in [1.54, 1.807) is 97.1 Å². The molecule has 8 rings (SSSR count). The number of nitrogens with zero attached hydrogens (tertiary/aromatic N) is 12. The quantitative estimate of drug-likeness (QED) is 0.0123. The normalized spacial score (nSPS) is 13.1. The van der Waals surface area contributed by atoms with Gasteiger partial charge in [0.15, 0.2) is 89.8 Å². The van der Waals surface area contributed by atoms with Gasteiger partial charge in [0.25, 0.3) is 0 Å². The first-order valence-electron chi connectivity index (χ1n) is 38.3. The molecule has 65 heteroatoms. The first-order chi connectivity index (χ1) is 63.6. The molecule has 0 bridgehead atoms. The summed E-state index contributed by atoms with van der Waals surface area (Å²) >= 11 is 0. The highest BCUT2D eigenvalue weighted by molar-refractivity contribution is 8.73. The second kappa shape index (κ2) is 59.9. The average Bonchev–Trinajstić information content (AvgIpc) is 1.71. The lowest BCUT2D eigenvalue weighted by Gasteiger charge is -2.21. The molecule has 2 amide bonds. The van der Waals surface area contributed by atoms with Crippen LogP contribution in [0.15, 0.2) is 97.1 Å². The Morgan fingerprint density at radius 2 is 0.672 bits per heavy atom. The lowest BCUT2D eigenvalue weighted by Crippen LogP contribution is -2.35. The van der Waals surface area contributed by atoms with E-state index in [1.807, 2.05) is 0 Å². The van der Waals surface area contributed by atoms with Gasteiger partial charge in [0.2, 0.25) is 8.87 Å². The number of aromatic nitrogens is 12. The maximum Gasteiger partial charge on any atom is 0.537 e. The van der Waals surface area contributed by atoms with Gasteiger partial charge in [0.1, 0.15) is 68.5 Å². The molecule has 0 spiro atoms. The van der Waals surface area contributed by atoms with Gasteiger partial charge < -0.3 is 102 Å². The SMILES string of the molecule is CC(CC(=O)OCOCC(COCC(COCOC(=O)CCCSS(C)(=O)=O)OCOC(=O)NCCSS(C)(=O)=O)OCOC(=O)NC(C)SS(C)(=O)=O)SS(C)(=O)=O.CS(=O)(=O)SCCN.O=C(OCOCC(COCC(COCOC(=O)On1nnc2ccccc21)OCOC(=O)On1nnc2ccccc21)OCOC(=O)On1nnc2ccccc21)On1nnc2ccccc21. The second-order valence-corrected chi connectivity index (χ2v) is 49.3. The van der Waals surface area contributed by atoms with Crippen molar-refractivity contribution in [1.82, 2.24) is 71.3 Å². The molecular formula is C69H95N15O40S10. The number of carbonyl (C=O) groups is 8. The number of nitrogens with two attached hydrogens (primary N) is 1. The van der Waals surface area contributed by atoms with Gasteiger partial charge in [-0.1, -0.05) is 74.8 Å². The predicted octanol–water partition coefficient (Wildman–Crippen LogP) is 2.17. The number of nitrogens with one attached hydrogen (secondary N) is 2. The lowest BCUT2D eigenvalue weighted by molar-refractivity contribution is -0.171. The number of para-hydroxylation sites is 4. The van der Waals surface area contributed by atoms with Crippen LogP contribution in [0.3, 0.4) is 0 Å². The van der Waals surface area contributed by atoms with Crippen molar-refractivity contribution in [3.63, 3.8) is 0 Å². The summed E-state index contributed by atoms with van der Waals surface area (Å²) in [5, 5.41) is 33.8. The van der Waals surface area contributed by atoms with E-state index in [9.17, 15) is 80.4 Å². The van der Waals surface area contributed by atoms with Gasteiger partial charge in [-0.05, 0) is 137 Å². The molecule has 8 aromatic rings. The van der Waals surface area contributed by atoms with Gasteiger partial charge in [-0.25, -0.2) is 70.9 Å². The summed E-state index contributed by atoms with van der Waals surface area (Å²) in [5.74, 6) is -0.677. The topological polar surface area (TPSA) is 683 Å². The highest BCUT2D eigenvalue weighted by atomic mass is 33.2. The number of fused-ring (bicyclic) bond motifs is 4. The molecular weight excluding hydrogens is 2000 g/mol. The molecule has 0 aliphatic rings. The number of amides is 2. The Kier molecular flexibility index (Phi) is 50.4. The van der Waals surface area contributed by atoms with Crippen molar-refractivity contribution in [2.45, 2.75) is 68.1 Å². The van der Waals surface area contributed by atoms with Crippen molar-refractivity contribution in [3.8, 4) is 0 Å². The number of ether oxygens (including phenoxy) is 18. The molecule has 0 radical (unpaired) electrons. The van der Waals surface area contributed by atoms with Gasteiger partial charge in [0, 0.05) is 73.3 Å². The van der Waals surface area contributed by atoms with Crippen LogP contribution in [0.5, 0.6) is 0 Å². The fraction of sp³-hybridized carbons (Fsp3) is 0.536. The third kappa shape index (κ3) is 50.1. The van der Waals surface area contributed by atoms with Gasteiger partial charge in [-0.15, -0.1) is 20.4 Å². The molecule has 0 fully saturated rings. The van der Waals surface area contributed by atoms with Crippen LogP contribution in [-0.2, 0) is 139 Å². The highest BCUT2D eigenvalue weighted by Crippen LogP contribution is 2.22. The molecule has 746 valence electrons. The molecule has 6 atom stereocenters. The van der Waals surface area contributed by atoms with Crippen molar-refractivity contribution >= 4 is 191 Å². The fourth-order valence-electron chi connectivity index (χ4n) is 9.34. The van der Waals surface area contributed by atoms with E-state index in [4.69, 9.17) is 110 Å². The van der Waals surface area contributed by atoms with Crippen molar-refractivity contribution in [1.29, 1.82) is 0 Å². The van der Waals surface area contributed by atoms with E-state index in [1.165, 1.54) is 20.1 Å². The number of hydrogen-bond donors (Lipinski definition) is 3. The molecule has 134 heavy (non-hydrogen) atoms. The number of carbonyl (C=O) groups excluding carboxylic acids is 8. The van der Waals surface area contributed by atoms with Crippen molar-refractivity contribution in [2.75, 3.05) is 169 Å². The van der Waals surface area contributed by atoms with E-state index < -0.39 is 182 Å². The standard InChI is InChI=1S/C38H34N12O17.C28H52N2O21S8.C3H9NO2S2/c51-35(64-47-31-13-5-1-9-27(31)39-43-47)60-21-56-19-25(58-23-62-37(53)66-49-33-15-7-3-11-29(33)41-45-49)17-55-18-26(59-24-63-38(54)67-50-34-16-8-4-12-30(34)42-46-50)20-57-22-61-36(52)65-48-32-14-6-2-10-28(32)40-44-48;1-21(54-58(5,39)40)12-26(32)49-18-45-16-24(47-20-51-28(34)30-22(2)55-59(6,41)42)14-43-13-23(46-19-50-27(33)29-9-11-53-57(4,37)38)15-44-17-48-25(31)8-7-10-52-56(3,35)36;1-8(5,6)7-3-2-4/h1-16,25-26H,17-24H2;21-24H,7-20H2,1-6H3,(H,29,33)(H,30,34);2-4H2,1H3. The highest BCUT2D eigenvalue weighted by Gasteiger charge is 2.25. The van der Waals surface area contributed by atoms with E-state index in [-0.39, 0.29) is 90.2 Å². The first-order valence-corrected chi connectivity index (χ1v) is 55.1. The summed E-state index contributed by atoms with van der Waals surface area (Å²) in [6.45, 7) is -4.02. The minimum Gasteiger partial charge on any atom is -0.438 e. The van der Waals surface area contributed by atoms with E-state index in [0.29, 0.717) is 99.6 Å². The Labute approximate surface area is 782 Å². The number of esters is 2. The number of hydrogen-bond acceptors (Lipinski definition) is 54. The Morgan fingerprint density at radius 3 is 1.01 bits per heavy atom. The summed E-state index contributed by atoms with van der Waals surface area (Å²) in [6.07, 6.45) is -5.56. The first kappa shape index (κ1) is 113. The molecule has 55 nitrogen and oxygen atoms in total. The zero-order valence-corrected chi connectivity index (χ0v) is 80.2. The molecule has 0 saturated carbocycles. The van der Waals surface area contributed by atoms with Crippen LogP contribution < -0.4 is 35.7 Å². The third-order valence-corrected chi connectivity index (χ3v) is 28.2. The maximum absolute atomic E-state index is 12.5. The fourth-order valence-corrected chi connectivity index (χ4v) is 19.6. The Hall–Kier alpha value is -9.90. The van der Waals surface area contributed by atoms with Crippen molar-refractivity contribution < 1.29 is 185 Å². The van der Waals surface area contributed by atoms with Crippen LogP contribution >= 0.6 is 54.0 Å². The molecule has 0 aliphatic carbocycles. The second-order valence-electron chi connectivity index (χ2n) is 26.1. The van der Waals surface area contributed by atoms with Gasteiger partial charge in [0.05, 0.1) is 64.6 Å². The van der Waals surface area contributed by atoms with Gasteiger partial charge >= 0.3 is 48.7 Å². The van der Waals surface area contributed by atoms with Crippen LogP contribution in [0.1, 0.15) is 33.1 Å². The molecule has 4 N–H and O–H groups in total. The van der Waals surface area contributed by atoms with Crippen LogP contribution in [-0.4, -0.2) is 355 Å². The van der Waals surface area contributed by atoms with Gasteiger partial charge in [-0.2, -0.15) is 0 Å². The zero-order valence-electron chi connectivity index (χ0n) is 72.0. The number of rotatable bonds is 59. The smallest absolute Gasteiger partial charge is 0.438 e. The molecule has 4 aromatic heterocycles. The van der Waals surface area contributed by atoms with Crippen molar-refractivity contribution in [2.24, 2.45) is 5.73 Å². The summed E-state index contributed by atoms with van der Waals surface area (Å²) in [4.78, 5) is 122. The number of benzene rings is 4. The van der Waals surface area contributed by atoms with Gasteiger partial charge in [-0.3, -0.25) is 28.9 Å². The van der Waals surface area contributed by atoms with Crippen LogP contribution in [0.4, 0.5) is 28.8 Å². The van der Waals surface area contributed by atoms with Crippen LogP contribution in [0, 0.1) is 0 Å². The maximum atomic E-state index is 12.5. The Balaban J connectivity index is 0.000000384.